The van der Waals surface area contributed by atoms with Crippen LogP contribution in [0.4, 0.5) is 0 Å². The highest BCUT2D eigenvalue weighted by Crippen LogP contribution is 2.52. The average molecular weight is 247 g/mol. The number of hydrogen-bond donors (Lipinski definition) is 2. The Morgan fingerprint density at radius 2 is 2.06 bits per heavy atom. The summed E-state index contributed by atoms with van der Waals surface area (Å²) in [6.07, 6.45) is 5.23. The predicted molar refractivity (Wildman–Crippen MR) is 75.8 cm³/mol. The van der Waals surface area contributed by atoms with Gasteiger partial charge in [0.15, 0.2) is 0 Å². The first-order valence-electron chi connectivity index (χ1n) is 7.01. The Hall–Kier alpha value is -1.02. The lowest BCUT2D eigenvalue weighted by Crippen LogP contribution is -2.44. The Labute approximate surface area is 110 Å². The van der Waals surface area contributed by atoms with Crippen molar-refractivity contribution in [2.24, 2.45) is 17.6 Å². The van der Waals surface area contributed by atoms with E-state index in [0.717, 1.165) is 11.8 Å². The molecule has 100 valence electrons. The summed E-state index contributed by atoms with van der Waals surface area (Å²) in [5.41, 5.74) is 7.69. The first-order chi connectivity index (χ1) is 8.61. The van der Waals surface area contributed by atoms with E-state index in [1.54, 1.807) is 0 Å². The lowest BCUT2D eigenvalue weighted by molar-refractivity contribution is 0.124. The van der Waals surface area contributed by atoms with E-state index in [0.29, 0.717) is 11.2 Å². The summed E-state index contributed by atoms with van der Waals surface area (Å²) in [5.74, 6) is 2.04. The van der Waals surface area contributed by atoms with Gasteiger partial charge in [-0.05, 0) is 66.8 Å². The molecule has 0 radical (unpaired) electrons. The highest BCUT2D eigenvalue weighted by atomic mass is 16.3. The summed E-state index contributed by atoms with van der Waals surface area (Å²) in [4.78, 5) is 0. The molecule has 3 rings (SSSR count). The van der Waals surface area contributed by atoms with Crippen molar-refractivity contribution in [3.05, 3.63) is 29.3 Å². The summed E-state index contributed by atoms with van der Waals surface area (Å²) < 4.78 is 0. The molecule has 3 atom stereocenters. The van der Waals surface area contributed by atoms with Gasteiger partial charge >= 0.3 is 0 Å². The molecule has 1 saturated carbocycles. The normalized spacial score (nSPS) is 33.1. The number of phenols is 1. The van der Waals surface area contributed by atoms with E-state index >= 15 is 0 Å². The Morgan fingerprint density at radius 3 is 2.78 bits per heavy atom. The molecule has 0 spiro atoms. The minimum atomic E-state index is 0.301. The topological polar surface area (TPSA) is 46.2 Å². The van der Waals surface area contributed by atoms with Crippen LogP contribution >= 0.6 is 0 Å². The Morgan fingerprint density at radius 1 is 1.33 bits per heavy atom. The third-order valence-electron chi connectivity index (χ3n) is 5.17. The Kier molecular flexibility index (Phi) is 3.67. The van der Waals surface area contributed by atoms with E-state index in [1.807, 2.05) is 12.1 Å². The van der Waals surface area contributed by atoms with Crippen LogP contribution < -0.4 is 5.73 Å². The number of rotatable bonds is 0. The lowest BCUT2D eigenvalue weighted by Gasteiger charge is -2.50. The minimum absolute atomic E-state index is 0.301. The largest absolute Gasteiger partial charge is 0.508 e. The predicted octanol–water partition coefficient (Wildman–Crippen LogP) is 3.22. The van der Waals surface area contributed by atoms with Gasteiger partial charge in [-0.2, -0.15) is 0 Å². The van der Waals surface area contributed by atoms with Gasteiger partial charge in [-0.25, -0.2) is 0 Å². The quantitative estimate of drug-likeness (QED) is 0.739. The van der Waals surface area contributed by atoms with Crippen molar-refractivity contribution in [2.45, 2.75) is 44.9 Å². The molecule has 1 aromatic carbocycles. The Bertz CT molecular complexity index is 429. The third-order valence-corrected chi connectivity index (χ3v) is 5.17. The maximum atomic E-state index is 9.69. The summed E-state index contributed by atoms with van der Waals surface area (Å²) in [6, 6.07) is 5.98. The second kappa shape index (κ2) is 4.93. The first-order valence-corrected chi connectivity index (χ1v) is 7.01. The number of benzene rings is 1. The Balaban J connectivity index is 0.000000574. The number of aromatic hydroxyl groups is 1. The smallest absolute Gasteiger partial charge is 0.115 e. The molecule has 0 aromatic heterocycles. The molecular formula is C16H25NO. The van der Waals surface area contributed by atoms with Crippen molar-refractivity contribution >= 4 is 0 Å². The highest BCUT2D eigenvalue weighted by Gasteiger charge is 2.45. The van der Waals surface area contributed by atoms with Crippen molar-refractivity contribution in [3.8, 4) is 5.75 Å². The van der Waals surface area contributed by atoms with Crippen molar-refractivity contribution < 1.29 is 5.11 Å². The van der Waals surface area contributed by atoms with Crippen LogP contribution in [-0.4, -0.2) is 12.2 Å². The van der Waals surface area contributed by atoms with Crippen molar-refractivity contribution in [3.63, 3.8) is 0 Å². The van der Waals surface area contributed by atoms with Gasteiger partial charge in [0.1, 0.15) is 5.75 Å². The van der Waals surface area contributed by atoms with E-state index < -0.39 is 0 Å². The summed E-state index contributed by atoms with van der Waals surface area (Å²) >= 11 is 0. The van der Waals surface area contributed by atoms with Gasteiger partial charge in [-0.3, -0.25) is 0 Å². The summed E-state index contributed by atoms with van der Waals surface area (Å²) in [7, 11) is 1.50. The molecule has 0 amide bonds. The van der Waals surface area contributed by atoms with E-state index in [1.165, 1.54) is 43.9 Å². The number of hydrogen-bond acceptors (Lipinski definition) is 2. The number of fused-ring (bicyclic) bond motifs is 4. The van der Waals surface area contributed by atoms with Crippen LogP contribution in [0.2, 0.25) is 0 Å². The van der Waals surface area contributed by atoms with Gasteiger partial charge in [0.05, 0.1) is 0 Å². The molecule has 2 aliphatic rings. The number of nitrogens with two attached hydrogens (primary N) is 1. The zero-order chi connectivity index (χ0) is 13.3. The molecule has 2 aliphatic carbocycles. The fraction of sp³-hybridized carbons (Fsp3) is 0.625. The maximum absolute atomic E-state index is 9.69. The van der Waals surface area contributed by atoms with Crippen molar-refractivity contribution in [1.82, 2.24) is 0 Å². The van der Waals surface area contributed by atoms with Crippen LogP contribution in [0.5, 0.6) is 5.75 Å². The molecule has 2 heteroatoms. The van der Waals surface area contributed by atoms with Gasteiger partial charge < -0.3 is 10.8 Å². The van der Waals surface area contributed by atoms with E-state index in [-0.39, 0.29) is 0 Å². The summed E-state index contributed by atoms with van der Waals surface area (Å²) in [6.45, 7) is 4.79. The van der Waals surface area contributed by atoms with Gasteiger partial charge in [-0.1, -0.05) is 26.3 Å². The molecular weight excluding hydrogens is 222 g/mol. The van der Waals surface area contributed by atoms with Crippen molar-refractivity contribution in [1.29, 1.82) is 0 Å². The van der Waals surface area contributed by atoms with Gasteiger partial charge in [-0.15, -0.1) is 0 Å². The van der Waals surface area contributed by atoms with Crippen LogP contribution in [0, 0.1) is 11.8 Å². The molecule has 3 unspecified atom stereocenters. The van der Waals surface area contributed by atoms with Crippen LogP contribution in [0.25, 0.3) is 0 Å². The molecule has 0 aliphatic heterocycles. The second-order valence-electron chi connectivity index (χ2n) is 5.90. The standard InChI is InChI=1S/C15H20O.CH5N/c1-10-11-4-3-7-15(10,2)14-9-13(16)6-5-12(14)8-11;1-2/h5-6,9-11,16H,3-4,7-8H2,1-2H3;2H2,1H3. The molecule has 18 heavy (non-hydrogen) atoms. The van der Waals surface area contributed by atoms with Crippen LogP contribution in [-0.2, 0) is 11.8 Å². The summed E-state index contributed by atoms with van der Waals surface area (Å²) in [5, 5.41) is 9.69. The SMILES string of the molecule is CC1C2CCCC1(C)c1cc(O)ccc1C2.CN. The fourth-order valence-electron chi connectivity index (χ4n) is 3.94. The molecule has 1 fully saturated rings. The van der Waals surface area contributed by atoms with E-state index in [4.69, 9.17) is 0 Å². The van der Waals surface area contributed by atoms with Gasteiger partial charge in [0.25, 0.3) is 0 Å². The molecule has 0 heterocycles. The zero-order valence-corrected chi connectivity index (χ0v) is 11.7. The van der Waals surface area contributed by atoms with Crippen LogP contribution in [0.1, 0.15) is 44.2 Å². The molecule has 1 aromatic rings. The van der Waals surface area contributed by atoms with Crippen LogP contribution in [0.15, 0.2) is 18.2 Å². The molecule has 3 N–H and O–H groups in total. The van der Waals surface area contributed by atoms with Gasteiger partial charge in [0, 0.05) is 0 Å². The van der Waals surface area contributed by atoms with E-state index in [2.05, 4.69) is 25.6 Å². The van der Waals surface area contributed by atoms with Crippen LogP contribution in [0.3, 0.4) is 0 Å². The van der Waals surface area contributed by atoms with Crippen molar-refractivity contribution in [2.75, 3.05) is 7.05 Å². The second-order valence-corrected chi connectivity index (χ2v) is 5.90. The minimum Gasteiger partial charge on any atom is -0.508 e. The number of phenolic OH excluding ortho intramolecular Hbond substituents is 1. The average Bonchev–Trinajstić information content (AvgIpc) is 2.37. The molecule has 0 saturated heterocycles. The highest BCUT2D eigenvalue weighted by molar-refractivity contribution is 5.43. The third kappa shape index (κ3) is 1.93. The monoisotopic (exact) mass is 247 g/mol. The maximum Gasteiger partial charge on any atom is 0.115 e. The fourth-order valence-corrected chi connectivity index (χ4v) is 3.94. The van der Waals surface area contributed by atoms with E-state index in [9.17, 15) is 5.11 Å². The molecule has 2 nitrogen and oxygen atoms in total. The zero-order valence-electron chi connectivity index (χ0n) is 11.7. The lowest BCUT2D eigenvalue weighted by atomic mass is 9.55. The van der Waals surface area contributed by atoms with Gasteiger partial charge in [0.2, 0.25) is 0 Å². The molecule has 2 bridgehead atoms. The first kappa shape index (κ1) is 13.4.